The van der Waals surface area contributed by atoms with Crippen molar-refractivity contribution in [2.24, 2.45) is 0 Å². The third kappa shape index (κ3) is 3.19. The van der Waals surface area contributed by atoms with Crippen LogP contribution in [0.3, 0.4) is 0 Å². The monoisotopic (exact) mass is 212 g/mol. The molecule has 0 aromatic heterocycles. The molecule has 0 saturated heterocycles. The van der Waals surface area contributed by atoms with E-state index in [0.29, 0.717) is 11.1 Å². The van der Waals surface area contributed by atoms with Gasteiger partial charge in [0.15, 0.2) is 0 Å². The smallest absolute Gasteiger partial charge is 0.214 e. The lowest BCUT2D eigenvalue weighted by atomic mass is 10.1. The fourth-order valence-electron chi connectivity index (χ4n) is 0.874. The van der Waals surface area contributed by atoms with Gasteiger partial charge in [-0.1, -0.05) is 5.92 Å². The summed E-state index contributed by atoms with van der Waals surface area (Å²) in [5.74, 6) is 2.12. The minimum atomic E-state index is -3.30. The molecular formula is C10H9FO2S. The number of hydrogen-bond donors (Lipinski definition) is 0. The molecule has 0 aliphatic rings. The Labute approximate surface area is 82.7 Å². The van der Waals surface area contributed by atoms with Gasteiger partial charge in [-0.3, -0.25) is 0 Å². The van der Waals surface area contributed by atoms with Crippen LogP contribution in [0.25, 0.3) is 0 Å². The molecule has 1 aromatic rings. The Morgan fingerprint density at radius 1 is 1.36 bits per heavy atom. The second-order valence-corrected chi connectivity index (χ2v) is 4.71. The largest absolute Gasteiger partial charge is 0.216 e. The van der Waals surface area contributed by atoms with Gasteiger partial charge in [-0.05, 0) is 30.7 Å². The molecule has 74 valence electrons. The Morgan fingerprint density at radius 3 is 2.50 bits per heavy atom. The first-order valence-electron chi connectivity index (χ1n) is 3.87. The summed E-state index contributed by atoms with van der Waals surface area (Å²) >= 11 is 0. The Morgan fingerprint density at radius 2 is 2.00 bits per heavy atom. The van der Waals surface area contributed by atoms with Gasteiger partial charge < -0.3 is 0 Å². The molecule has 0 fully saturated rings. The molecule has 0 amide bonds. The van der Waals surface area contributed by atoms with Gasteiger partial charge in [-0.2, -0.15) is 0 Å². The minimum absolute atomic E-state index is 0.324. The first-order valence-corrected chi connectivity index (χ1v) is 5.76. The van der Waals surface area contributed by atoms with E-state index < -0.39 is 9.84 Å². The van der Waals surface area contributed by atoms with Crippen molar-refractivity contribution < 1.29 is 12.8 Å². The van der Waals surface area contributed by atoms with Crippen molar-refractivity contribution >= 4 is 9.84 Å². The summed E-state index contributed by atoms with van der Waals surface area (Å²) in [5.41, 5.74) is 0.944. The molecule has 0 heterocycles. The van der Waals surface area contributed by atoms with Crippen molar-refractivity contribution in [1.82, 2.24) is 0 Å². The molecule has 0 unspecified atom stereocenters. The molecule has 0 atom stereocenters. The standard InChI is InChI=1S/C10H9FO2S/c1-8-7-9(3-4-10(8)11)5-6-14(2,12)13/h3-4,7H,1-2H3. The number of rotatable bonds is 0. The van der Waals surface area contributed by atoms with Crippen molar-refractivity contribution in [1.29, 1.82) is 0 Å². The van der Waals surface area contributed by atoms with Gasteiger partial charge in [-0.15, -0.1) is 0 Å². The van der Waals surface area contributed by atoms with Crippen LogP contribution in [-0.2, 0) is 9.84 Å². The Hall–Kier alpha value is -1.34. The fourth-order valence-corrected chi connectivity index (χ4v) is 1.18. The fraction of sp³-hybridized carbons (Fsp3) is 0.200. The highest BCUT2D eigenvalue weighted by Crippen LogP contribution is 2.07. The lowest BCUT2D eigenvalue weighted by molar-refractivity contribution is 0.611. The molecule has 1 rings (SSSR count). The third-order valence-electron chi connectivity index (χ3n) is 1.54. The molecule has 4 heteroatoms. The van der Waals surface area contributed by atoms with Gasteiger partial charge in [0.05, 0.1) is 6.26 Å². The Kier molecular flexibility index (Phi) is 2.92. The summed E-state index contributed by atoms with van der Waals surface area (Å²) < 4.78 is 34.2. The van der Waals surface area contributed by atoms with Crippen molar-refractivity contribution in [3.05, 3.63) is 35.1 Å². The first kappa shape index (κ1) is 10.7. The highest BCUT2D eigenvalue weighted by molar-refractivity contribution is 7.95. The van der Waals surface area contributed by atoms with E-state index >= 15 is 0 Å². The molecule has 0 aliphatic heterocycles. The van der Waals surface area contributed by atoms with Crippen LogP contribution in [0.15, 0.2) is 18.2 Å². The second kappa shape index (κ2) is 3.81. The maximum Gasteiger partial charge on any atom is 0.214 e. The number of benzene rings is 1. The predicted molar refractivity (Wildman–Crippen MR) is 52.9 cm³/mol. The van der Waals surface area contributed by atoms with Gasteiger partial charge >= 0.3 is 0 Å². The van der Waals surface area contributed by atoms with E-state index in [1.54, 1.807) is 6.92 Å². The van der Waals surface area contributed by atoms with Crippen LogP contribution in [-0.4, -0.2) is 14.7 Å². The first-order chi connectivity index (χ1) is 6.38. The van der Waals surface area contributed by atoms with E-state index in [1.165, 1.54) is 18.2 Å². The zero-order valence-electron chi connectivity index (χ0n) is 7.83. The lowest BCUT2D eigenvalue weighted by Gasteiger charge is -1.95. The molecule has 0 saturated carbocycles. The molecule has 1 aromatic carbocycles. The van der Waals surface area contributed by atoms with E-state index in [4.69, 9.17) is 0 Å². The number of halogens is 1. The summed E-state index contributed by atoms with van der Waals surface area (Å²) in [6, 6.07) is 4.22. The predicted octanol–water partition coefficient (Wildman–Crippen LogP) is 1.49. The summed E-state index contributed by atoms with van der Waals surface area (Å²) in [6.45, 7) is 1.60. The Bertz CT molecular complexity index is 507. The normalized spacial score (nSPS) is 10.5. The van der Waals surface area contributed by atoms with Crippen molar-refractivity contribution in [3.63, 3.8) is 0 Å². The Balaban J connectivity index is 3.10. The second-order valence-electron chi connectivity index (χ2n) is 2.96. The zero-order chi connectivity index (χ0) is 10.8. The molecular weight excluding hydrogens is 203 g/mol. The third-order valence-corrected chi connectivity index (χ3v) is 2.01. The lowest BCUT2D eigenvalue weighted by Crippen LogP contribution is -1.89. The molecule has 0 aliphatic carbocycles. The van der Waals surface area contributed by atoms with Crippen LogP contribution in [0.2, 0.25) is 0 Å². The van der Waals surface area contributed by atoms with Crippen LogP contribution in [0.1, 0.15) is 11.1 Å². The molecule has 2 nitrogen and oxygen atoms in total. The van der Waals surface area contributed by atoms with Crippen molar-refractivity contribution in [2.45, 2.75) is 6.92 Å². The van der Waals surface area contributed by atoms with Crippen LogP contribution in [0.5, 0.6) is 0 Å². The van der Waals surface area contributed by atoms with E-state index in [-0.39, 0.29) is 5.82 Å². The van der Waals surface area contributed by atoms with Crippen molar-refractivity contribution in [2.75, 3.05) is 6.26 Å². The number of hydrogen-bond acceptors (Lipinski definition) is 2. The van der Waals surface area contributed by atoms with Gasteiger partial charge in [0.1, 0.15) is 5.82 Å². The molecule has 0 bridgehead atoms. The quantitative estimate of drug-likeness (QED) is 0.610. The maximum absolute atomic E-state index is 12.8. The average Bonchev–Trinajstić information content (AvgIpc) is 2.06. The summed E-state index contributed by atoms with van der Waals surface area (Å²) in [6.07, 6.45) is 1.02. The molecule has 0 N–H and O–H groups in total. The summed E-state index contributed by atoms with van der Waals surface area (Å²) in [4.78, 5) is 0. The van der Waals surface area contributed by atoms with E-state index in [1.807, 2.05) is 0 Å². The van der Waals surface area contributed by atoms with Crippen molar-refractivity contribution in [3.8, 4) is 11.2 Å². The van der Waals surface area contributed by atoms with E-state index in [9.17, 15) is 12.8 Å². The highest BCUT2D eigenvalue weighted by atomic mass is 32.2. The van der Waals surface area contributed by atoms with E-state index in [2.05, 4.69) is 11.2 Å². The topological polar surface area (TPSA) is 34.1 Å². The van der Waals surface area contributed by atoms with Gasteiger partial charge in [0.2, 0.25) is 9.84 Å². The summed E-state index contributed by atoms with van der Waals surface area (Å²) in [5, 5.41) is 2.08. The summed E-state index contributed by atoms with van der Waals surface area (Å²) in [7, 11) is -3.30. The highest BCUT2D eigenvalue weighted by Gasteiger charge is 1.97. The average molecular weight is 212 g/mol. The SMILES string of the molecule is Cc1cc(C#CS(C)(=O)=O)ccc1F. The number of aryl methyl sites for hydroxylation is 1. The molecule has 14 heavy (non-hydrogen) atoms. The van der Waals surface area contributed by atoms with Crippen LogP contribution in [0.4, 0.5) is 4.39 Å². The van der Waals surface area contributed by atoms with Crippen LogP contribution < -0.4 is 0 Å². The van der Waals surface area contributed by atoms with Crippen LogP contribution in [0, 0.1) is 23.9 Å². The van der Waals surface area contributed by atoms with Gasteiger partial charge in [-0.25, -0.2) is 12.8 Å². The van der Waals surface area contributed by atoms with E-state index in [0.717, 1.165) is 6.26 Å². The van der Waals surface area contributed by atoms with Gasteiger partial charge in [0.25, 0.3) is 0 Å². The molecule has 0 radical (unpaired) electrons. The zero-order valence-corrected chi connectivity index (χ0v) is 8.65. The van der Waals surface area contributed by atoms with Crippen LogP contribution >= 0.6 is 0 Å². The van der Waals surface area contributed by atoms with Gasteiger partial charge in [0, 0.05) is 10.8 Å². The molecule has 0 spiro atoms. The maximum atomic E-state index is 12.8. The minimum Gasteiger partial charge on any atom is -0.216 e. The number of sulfone groups is 1.